The lowest BCUT2D eigenvalue weighted by Crippen LogP contribution is -2.46. The molecule has 0 saturated heterocycles. The van der Waals surface area contributed by atoms with Crippen LogP contribution in [0.15, 0.2) is 0 Å². The summed E-state index contributed by atoms with van der Waals surface area (Å²) in [7, 11) is 0. The van der Waals surface area contributed by atoms with Gasteiger partial charge in [-0.3, -0.25) is 0 Å². The van der Waals surface area contributed by atoms with Crippen molar-refractivity contribution in [3.63, 3.8) is 0 Å². The predicted octanol–water partition coefficient (Wildman–Crippen LogP) is 6.44. The molecule has 4 nitrogen and oxygen atoms in total. The second-order valence-electron chi connectivity index (χ2n) is 9.49. The second-order valence-corrected chi connectivity index (χ2v) is 9.49. The zero-order valence-electron chi connectivity index (χ0n) is 18.1. The van der Waals surface area contributed by atoms with Gasteiger partial charge in [-0.05, 0) is 58.3 Å². The standard InChI is InChI=1S/C21H42O4/c1-10-11-18-12-14-21(15-13-18,24-22-19(6,7)16(2)3)25-23-20(8,9)17(4)5/h16-18H,10-15H2,1-9H3. The summed E-state index contributed by atoms with van der Waals surface area (Å²) in [5.74, 6) is 0.632. The molecule has 0 amide bonds. The molecule has 1 saturated carbocycles. The van der Waals surface area contributed by atoms with E-state index in [9.17, 15) is 0 Å². The first-order valence-electron chi connectivity index (χ1n) is 10.2. The average molecular weight is 359 g/mol. The summed E-state index contributed by atoms with van der Waals surface area (Å²) in [6.07, 6.45) is 6.29. The van der Waals surface area contributed by atoms with E-state index in [4.69, 9.17) is 19.6 Å². The molecule has 0 N–H and O–H groups in total. The normalized spacial score (nSPS) is 19.8. The van der Waals surface area contributed by atoms with Crippen molar-refractivity contribution in [1.82, 2.24) is 0 Å². The molecule has 1 rings (SSSR count). The summed E-state index contributed by atoms with van der Waals surface area (Å²) in [5, 5.41) is 0. The maximum absolute atomic E-state index is 5.95. The molecule has 1 aliphatic rings. The highest BCUT2D eigenvalue weighted by atomic mass is 17.3. The van der Waals surface area contributed by atoms with E-state index in [1.54, 1.807) is 0 Å². The van der Waals surface area contributed by atoms with Crippen molar-refractivity contribution in [3.05, 3.63) is 0 Å². The summed E-state index contributed by atoms with van der Waals surface area (Å²) >= 11 is 0. The molecule has 0 bridgehead atoms. The van der Waals surface area contributed by atoms with Crippen molar-refractivity contribution >= 4 is 0 Å². The maximum atomic E-state index is 5.95. The molecule has 1 aliphatic carbocycles. The highest BCUT2D eigenvalue weighted by molar-refractivity contribution is 4.80. The van der Waals surface area contributed by atoms with Gasteiger partial charge in [0.05, 0.1) is 0 Å². The molecule has 1 fully saturated rings. The van der Waals surface area contributed by atoms with Crippen LogP contribution in [0.2, 0.25) is 0 Å². The van der Waals surface area contributed by atoms with Crippen LogP contribution in [0.3, 0.4) is 0 Å². The molecular weight excluding hydrogens is 316 g/mol. The number of rotatable bonds is 10. The summed E-state index contributed by atoms with van der Waals surface area (Å²) in [6.45, 7) is 19.0. The third kappa shape index (κ3) is 6.82. The fourth-order valence-electron chi connectivity index (χ4n) is 2.55. The van der Waals surface area contributed by atoms with Gasteiger partial charge in [-0.1, -0.05) is 47.5 Å². The van der Waals surface area contributed by atoms with Crippen LogP contribution in [0.5, 0.6) is 0 Å². The SMILES string of the molecule is CCCC1CCC(OOC(C)(C)C(C)C)(OOC(C)(C)C(C)C)CC1. The minimum absolute atomic E-state index is 0.342. The molecule has 0 aromatic carbocycles. The summed E-state index contributed by atoms with van der Waals surface area (Å²) in [4.78, 5) is 23.6. The Morgan fingerprint density at radius 3 is 1.56 bits per heavy atom. The zero-order chi connectivity index (χ0) is 19.3. The molecule has 0 atom stereocenters. The number of hydrogen-bond acceptors (Lipinski definition) is 4. The van der Waals surface area contributed by atoms with E-state index in [1.165, 1.54) is 12.8 Å². The fourth-order valence-corrected chi connectivity index (χ4v) is 2.55. The van der Waals surface area contributed by atoms with E-state index in [2.05, 4.69) is 34.6 Å². The lowest BCUT2D eigenvalue weighted by molar-refractivity contribution is -0.552. The monoisotopic (exact) mass is 358 g/mol. The van der Waals surface area contributed by atoms with E-state index >= 15 is 0 Å². The molecule has 0 heterocycles. The lowest BCUT2D eigenvalue weighted by atomic mass is 9.83. The van der Waals surface area contributed by atoms with Gasteiger partial charge in [-0.15, -0.1) is 0 Å². The van der Waals surface area contributed by atoms with Gasteiger partial charge >= 0.3 is 0 Å². The first-order valence-corrected chi connectivity index (χ1v) is 10.2. The van der Waals surface area contributed by atoms with Crippen LogP contribution in [0.1, 0.15) is 101 Å². The van der Waals surface area contributed by atoms with E-state index in [-0.39, 0.29) is 11.2 Å². The van der Waals surface area contributed by atoms with Crippen molar-refractivity contribution < 1.29 is 19.6 Å². The van der Waals surface area contributed by atoms with Crippen LogP contribution < -0.4 is 0 Å². The first-order chi connectivity index (χ1) is 11.4. The summed E-state index contributed by atoms with van der Waals surface area (Å²) in [5.41, 5.74) is -0.742. The molecule has 4 heteroatoms. The molecule has 0 aromatic rings. The van der Waals surface area contributed by atoms with Gasteiger partial charge in [0.15, 0.2) is 0 Å². The minimum atomic E-state index is -0.803. The molecule has 0 unspecified atom stereocenters. The van der Waals surface area contributed by atoms with Crippen molar-refractivity contribution in [2.24, 2.45) is 17.8 Å². The van der Waals surface area contributed by atoms with Crippen molar-refractivity contribution in [2.75, 3.05) is 0 Å². The van der Waals surface area contributed by atoms with Gasteiger partial charge < -0.3 is 0 Å². The molecule has 0 aliphatic heterocycles. The predicted molar refractivity (Wildman–Crippen MR) is 102 cm³/mol. The van der Waals surface area contributed by atoms with Gasteiger partial charge in [0, 0.05) is 12.8 Å². The summed E-state index contributed by atoms with van der Waals surface area (Å²) in [6, 6.07) is 0. The van der Waals surface area contributed by atoms with Crippen molar-refractivity contribution in [2.45, 2.75) is 118 Å². The smallest absolute Gasteiger partial charge is 0.227 e. The van der Waals surface area contributed by atoms with Gasteiger partial charge in [0.1, 0.15) is 11.2 Å². The average Bonchev–Trinajstić information content (AvgIpc) is 2.53. The Morgan fingerprint density at radius 1 is 0.840 bits per heavy atom. The van der Waals surface area contributed by atoms with Crippen LogP contribution in [0.25, 0.3) is 0 Å². The van der Waals surface area contributed by atoms with Gasteiger partial charge in [0.2, 0.25) is 5.79 Å². The Morgan fingerprint density at radius 2 is 1.24 bits per heavy atom. The first kappa shape index (κ1) is 22.9. The topological polar surface area (TPSA) is 36.9 Å². The van der Waals surface area contributed by atoms with Crippen LogP contribution in [0, 0.1) is 17.8 Å². The largest absolute Gasteiger partial charge is 0.234 e. The van der Waals surface area contributed by atoms with E-state index in [0.29, 0.717) is 11.8 Å². The van der Waals surface area contributed by atoms with Crippen LogP contribution in [-0.4, -0.2) is 17.0 Å². The van der Waals surface area contributed by atoms with Crippen molar-refractivity contribution in [1.29, 1.82) is 0 Å². The Labute approximate surface area is 155 Å². The van der Waals surface area contributed by atoms with E-state index in [1.807, 2.05) is 27.7 Å². The lowest BCUT2D eigenvalue weighted by Gasteiger charge is -2.41. The number of hydrogen-bond donors (Lipinski definition) is 0. The summed E-state index contributed by atoms with van der Waals surface area (Å²) < 4.78 is 0. The van der Waals surface area contributed by atoms with Crippen molar-refractivity contribution in [3.8, 4) is 0 Å². The van der Waals surface area contributed by atoms with Gasteiger partial charge in [0.25, 0.3) is 0 Å². The molecule has 150 valence electrons. The minimum Gasteiger partial charge on any atom is -0.227 e. The Balaban J connectivity index is 2.77. The third-order valence-electron chi connectivity index (χ3n) is 6.16. The fraction of sp³-hybridized carbons (Fsp3) is 1.00. The van der Waals surface area contributed by atoms with Crippen LogP contribution >= 0.6 is 0 Å². The molecule has 0 aromatic heterocycles. The Hall–Kier alpha value is -0.160. The maximum Gasteiger partial charge on any atom is 0.234 e. The molecule has 0 spiro atoms. The Kier molecular flexibility index (Phi) is 8.39. The highest BCUT2D eigenvalue weighted by Crippen LogP contribution is 2.40. The molecule has 0 radical (unpaired) electrons. The van der Waals surface area contributed by atoms with E-state index < -0.39 is 5.79 Å². The quantitative estimate of drug-likeness (QED) is 0.256. The zero-order valence-corrected chi connectivity index (χ0v) is 18.1. The van der Waals surface area contributed by atoms with E-state index in [0.717, 1.165) is 31.6 Å². The molecular formula is C21H42O4. The van der Waals surface area contributed by atoms with Crippen LogP contribution in [-0.2, 0) is 19.6 Å². The molecule has 25 heavy (non-hydrogen) atoms. The Bertz CT molecular complexity index is 353. The second kappa shape index (κ2) is 9.16. The van der Waals surface area contributed by atoms with Gasteiger partial charge in [-0.25, -0.2) is 9.78 Å². The third-order valence-corrected chi connectivity index (χ3v) is 6.16. The van der Waals surface area contributed by atoms with Crippen LogP contribution in [0.4, 0.5) is 0 Å². The highest BCUT2D eigenvalue weighted by Gasteiger charge is 2.43. The van der Waals surface area contributed by atoms with Gasteiger partial charge in [-0.2, -0.15) is 9.78 Å².